The van der Waals surface area contributed by atoms with Crippen molar-refractivity contribution in [3.8, 4) is 0 Å². The first-order valence-electron chi connectivity index (χ1n) is 4.38. The summed E-state index contributed by atoms with van der Waals surface area (Å²) in [6.45, 7) is 0. The molecule has 0 aliphatic rings. The molecular formula is C8H4N2O4S2Se2. The Labute approximate surface area is 120 Å². The molecule has 0 aliphatic carbocycles. The summed E-state index contributed by atoms with van der Waals surface area (Å²) in [7, 11) is 0. The van der Waals surface area contributed by atoms with Gasteiger partial charge in [0.2, 0.25) is 0 Å². The van der Waals surface area contributed by atoms with E-state index in [2.05, 4.69) is 0 Å². The van der Waals surface area contributed by atoms with Crippen LogP contribution < -0.4 is 8.92 Å². The summed E-state index contributed by atoms with van der Waals surface area (Å²) in [6, 6.07) is 3.48. The molecule has 94 valence electrons. The van der Waals surface area contributed by atoms with Crippen LogP contribution in [0.25, 0.3) is 0 Å². The van der Waals surface area contributed by atoms with Gasteiger partial charge in [-0.2, -0.15) is 0 Å². The summed E-state index contributed by atoms with van der Waals surface area (Å²) >= 11 is 2.01. The first kappa shape index (κ1) is 13.7. The average molecular weight is 414 g/mol. The van der Waals surface area contributed by atoms with Crippen LogP contribution in [0.2, 0.25) is 0 Å². The fourth-order valence-corrected chi connectivity index (χ4v) is 11.3. The topological polar surface area (TPSA) is 86.3 Å². The molecule has 2 aromatic rings. The molecule has 0 spiro atoms. The van der Waals surface area contributed by atoms with E-state index < -0.39 is 0 Å². The average Bonchev–Trinajstić information content (AvgIpc) is 2.94. The zero-order valence-corrected chi connectivity index (χ0v) is 13.5. The van der Waals surface area contributed by atoms with Crippen LogP contribution in [0.1, 0.15) is 0 Å². The van der Waals surface area contributed by atoms with Crippen LogP contribution in [0.15, 0.2) is 22.9 Å². The van der Waals surface area contributed by atoms with E-state index in [1.54, 1.807) is 22.9 Å². The van der Waals surface area contributed by atoms with Crippen LogP contribution in [0.4, 0.5) is 10.0 Å². The second kappa shape index (κ2) is 5.92. The molecule has 0 aliphatic heterocycles. The normalized spacial score (nSPS) is 10.4. The van der Waals surface area contributed by atoms with Gasteiger partial charge in [0, 0.05) is 0 Å². The Bertz CT molecular complexity index is 545. The van der Waals surface area contributed by atoms with Crippen LogP contribution in [0, 0.1) is 20.2 Å². The molecule has 6 nitrogen and oxygen atoms in total. The van der Waals surface area contributed by atoms with E-state index in [1.165, 1.54) is 0 Å². The van der Waals surface area contributed by atoms with Crippen LogP contribution in [0.5, 0.6) is 0 Å². The third-order valence-electron chi connectivity index (χ3n) is 1.77. The van der Waals surface area contributed by atoms with Crippen molar-refractivity contribution in [3.63, 3.8) is 0 Å². The van der Waals surface area contributed by atoms with Gasteiger partial charge >= 0.3 is 121 Å². The Kier molecular flexibility index (Phi) is 4.49. The van der Waals surface area contributed by atoms with Crippen molar-refractivity contribution in [1.82, 2.24) is 0 Å². The molecule has 0 bridgehead atoms. The molecule has 18 heavy (non-hydrogen) atoms. The van der Waals surface area contributed by atoms with E-state index in [9.17, 15) is 20.2 Å². The SMILES string of the molecule is O=[N+]([O-])c1sccc1[Se][Se]c1ccsc1[N+](=O)[O-]. The zero-order chi connectivity index (χ0) is 13.1. The van der Waals surface area contributed by atoms with Crippen LogP contribution in [-0.4, -0.2) is 36.1 Å². The molecule has 0 amide bonds. The number of nitro groups is 2. The second-order valence-electron chi connectivity index (χ2n) is 2.86. The Morgan fingerprint density at radius 1 is 0.889 bits per heavy atom. The molecule has 0 saturated carbocycles. The van der Waals surface area contributed by atoms with Gasteiger partial charge in [0.25, 0.3) is 0 Å². The van der Waals surface area contributed by atoms with Gasteiger partial charge in [-0.25, -0.2) is 0 Å². The maximum absolute atomic E-state index is 10.7. The van der Waals surface area contributed by atoms with Crippen molar-refractivity contribution < 1.29 is 9.85 Å². The Balaban J connectivity index is 2.12. The zero-order valence-electron chi connectivity index (χ0n) is 8.47. The summed E-state index contributed by atoms with van der Waals surface area (Å²) in [6.07, 6.45) is 0. The molecule has 0 N–H and O–H groups in total. The van der Waals surface area contributed by atoms with Crippen LogP contribution in [0.3, 0.4) is 0 Å². The molecule has 0 radical (unpaired) electrons. The Morgan fingerprint density at radius 2 is 1.28 bits per heavy atom. The molecule has 2 aromatic heterocycles. The molecule has 0 aromatic carbocycles. The van der Waals surface area contributed by atoms with Gasteiger partial charge in [0.1, 0.15) is 0 Å². The van der Waals surface area contributed by atoms with Gasteiger partial charge in [-0.05, 0) is 0 Å². The van der Waals surface area contributed by atoms with Crippen molar-refractivity contribution in [3.05, 3.63) is 43.1 Å². The van der Waals surface area contributed by atoms with Crippen molar-refractivity contribution in [2.24, 2.45) is 0 Å². The number of thiophene rings is 2. The third kappa shape index (κ3) is 2.97. The minimum absolute atomic E-state index is 0.0960. The van der Waals surface area contributed by atoms with Gasteiger partial charge in [0.15, 0.2) is 0 Å². The monoisotopic (exact) mass is 416 g/mol. The van der Waals surface area contributed by atoms with Gasteiger partial charge in [-0.1, -0.05) is 0 Å². The van der Waals surface area contributed by atoms with E-state index >= 15 is 0 Å². The number of nitrogens with zero attached hydrogens (tertiary/aromatic N) is 2. The standard InChI is InChI=1S/C8H4N2O4S2Se2/c11-9(12)7-5(1-3-15-7)17-18-6-2-4-16-8(6)10(13)14/h1-4H. The fraction of sp³-hybridized carbons (Fsp3) is 0. The minimum atomic E-state index is -0.389. The summed E-state index contributed by atoms with van der Waals surface area (Å²) in [4.78, 5) is 20.7. The molecule has 2 heterocycles. The van der Waals surface area contributed by atoms with Crippen molar-refractivity contribution in [2.45, 2.75) is 0 Å². The number of rotatable bonds is 5. The molecule has 0 saturated heterocycles. The van der Waals surface area contributed by atoms with Crippen molar-refractivity contribution >= 4 is 67.9 Å². The van der Waals surface area contributed by atoms with E-state index in [0.717, 1.165) is 31.6 Å². The molecule has 0 fully saturated rings. The fourth-order valence-electron chi connectivity index (χ4n) is 1.06. The first-order chi connectivity index (χ1) is 8.59. The third-order valence-corrected chi connectivity index (χ3v) is 11.2. The van der Waals surface area contributed by atoms with Crippen molar-refractivity contribution in [1.29, 1.82) is 0 Å². The summed E-state index contributed by atoms with van der Waals surface area (Å²) in [5.74, 6) is 0. The van der Waals surface area contributed by atoms with Gasteiger partial charge < -0.3 is 0 Å². The Hall–Kier alpha value is -0.761. The van der Waals surface area contributed by atoms with Gasteiger partial charge in [-0.15, -0.1) is 0 Å². The number of hydrogen-bond acceptors (Lipinski definition) is 6. The summed E-state index contributed by atoms with van der Waals surface area (Å²) in [5.41, 5.74) is 0. The number of hydrogen-bond donors (Lipinski definition) is 0. The second-order valence-corrected chi connectivity index (χ2v) is 10.8. The van der Waals surface area contributed by atoms with Gasteiger partial charge in [-0.3, -0.25) is 0 Å². The summed E-state index contributed by atoms with van der Waals surface area (Å²) < 4.78 is 1.44. The predicted octanol–water partition coefficient (Wildman–Crippen LogP) is 0.900. The molecular weight excluding hydrogens is 410 g/mol. The molecule has 2 rings (SSSR count). The quantitative estimate of drug-likeness (QED) is 0.414. The molecule has 0 atom stereocenters. The van der Waals surface area contributed by atoms with E-state index in [0.29, 0.717) is 0 Å². The molecule has 10 heteroatoms. The maximum atomic E-state index is 10.7. The van der Waals surface area contributed by atoms with Crippen molar-refractivity contribution in [2.75, 3.05) is 0 Å². The summed E-state index contributed by atoms with van der Waals surface area (Å²) in [5, 5.41) is 25.2. The van der Waals surface area contributed by atoms with Gasteiger partial charge in [0.05, 0.1) is 0 Å². The Morgan fingerprint density at radius 3 is 1.61 bits per heavy atom. The predicted molar refractivity (Wildman–Crippen MR) is 72.7 cm³/mol. The van der Waals surface area contributed by atoms with E-state index in [-0.39, 0.29) is 46.1 Å². The van der Waals surface area contributed by atoms with E-state index in [1.807, 2.05) is 0 Å². The van der Waals surface area contributed by atoms with Crippen LogP contribution in [-0.2, 0) is 0 Å². The first-order valence-corrected chi connectivity index (χ1v) is 12.2. The van der Waals surface area contributed by atoms with Crippen LogP contribution >= 0.6 is 22.7 Å². The van der Waals surface area contributed by atoms with E-state index in [4.69, 9.17) is 0 Å². The molecule has 0 unspecified atom stereocenters.